The van der Waals surface area contributed by atoms with E-state index in [2.05, 4.69) is 26.2 Å². The first-order chi connectivity index (χ1) is 9.63. The van der Waals surface area contributed by atoms with Crippen molar-refractivity contribution in [3.63, 3.8) is 0 Å². The van der Waals surface area contributed by atoms with Gasteiger partial charge in [-0.3, -0.25) is 0 Å². The molecule has 0 saturated heterocycles. The maximum Gasteiger partial charge on any atom is 0.360 e. The van der Waals surface area contributed by atoms with Crippen LogP contribution in [0, 0.1) is 0 Å². The predicted octanol–water partition coefficient (Wildman–Crippen LogP) is 3.37. The Morgan fingerprint density at radius 2 is 2.30 bits per heavy atom. The van der Waals surface area contributed by atoms with Crippen LogP contribution >= 0.6 is 15.9 Å². The Labute approximate surface area is 124 Å². The van der Waals surface area contributed by atoms with Crippen LogP contribution in [0.1, 0.15) is 17.4 Å². The van der Waals surface area contributed by atoms with Crippen molar-refractivity contribution in [3.05, 3.63) is 34.6 Å². The first-order valence-electron chi connectivity index (χ1n) is 5.87. The number of esters is 1. The summed E-state index contributed by atoms with van der Waals surface area (Å²) < 4.78 is 16.1. The predicted molar refractivity (Wildman–Crippen MR) is 76.4 cm³/mol. The number of aromatic nitrogens is 1. The molecule has 0 aliphatic heterocycles. The molecule has 6 nitrogen and oxygen atoms in total. The van der Waals surface area contributed by atoms with Gasteiger partial charge in [0.25, 0.3) is 6.01 Å². The van der Waals surface area contributed by atoms with Crippen LogP contribution in [0.3, 0.4) is 0 Å². The molecule has 1 N–H and O–H groups in total. The van der Waals surface area contributed by atoms with Crippen molar-refractivity contribution in [2.24, 2.45) is 0 Å². The van der Waals surface area contributed by atoms with Gasteiger partial charge in [0.2, 0.25) is 0 Å². The monoisotopic (exact) mass is 340 g/mol. The highest BCUT2D eigenvalue weighted by atomic mass is 79.9. The van der Waals surface area contributed by atoms with Gasteiger partial charge in [-0.2, -0.15) is 4.98 Å². The Morgan fingerprint density at radius 3 is 3.00 bits per heavy atom. The second-order valence-electron chi connectivity index (χ2n) is 3.73. The van der Waals surface area contributed by atoms with Crippen molar-refractivity contribution in [2.45, 2.75) is 6.92 Å². The molecule has 0 atom stereocenters. The molecule has 0 unspecified atom stereocenters. The van der Waals surface area contributed by atoms with E-state index in [9.17, 15) is 4.79 Å². The number of ether oxygens (including phenoxy) is 2. The van der Waals surface area contributed by atoms with E-state index >= 15 is 0 Å². The standard InChI is InChI=1S/C13H13BrN2O4/c1-3-19-12(17)10-7-20-13(16-10)15-9-6-8(14)4-5-11(9)18-2/h4-7H,3H2,1-2H3,(H,15,16). The third-order valence-electron chi connectivity index (χ3n) is 2.39. The van der Waals surface area contributed by atoms with Crippen LogP contribution in [0.25, 0.3) is 0 Å². The topological polar surface area (TPSA) is 73.6 Å². The molecule has 0 radical (unpaired) electrons. The number of benzene rings is 1. The molecule has 0 saturated carbocycles. The molecule has 20 heavy (non-hydrogen) atoms. The van der Waals surface area contributed by atoms with E-state index in [-0.39, 0.29) is 18.3 Å². The lowest BCUT2D eigenvalue weighted by atomic mass is 10.3. The van der Waals surface area contributed by atoms with E-state index in [1.165, 1.54) is 6.26 Å². The molecule has 1 aromatic carbocycles. The van der Waals surface area contributed by atoms with Gasteiger partial charge in [-0.05, 0) is 25.1 Å². The number of methoxy groups -OCH3 is 1. The summed E-state index contributed by atoms with van der Waals surface area (Å²) in [6.45, 7) is 2.01. The van der Waals surface area contributed by atoms with Crippen molar-refractivity contribution in [1.29, 1.82) is 0 Å². The van der Waals surface area contributed by atoms with E-state index < -0.39 is 5.97 Å². The average Bonchev–Trinajstić information content (AvgIpc) is 2.88. The van der Waals surface area contributed by atoms with Gasteiger partial charge < -0.3 is 19.2 Å². The summed E-state index contributed by atoms with van der Waals surface area (Å²) in [6, 6.07) is 5.64. The van der Waals surface area contributed by atoms with Gasteiger partial charge in [0.15, 0.2) is 5.69 Å². The van der Waals surface area contributed by atoms with Crippen molar-refractivity contribution < 1.29 is 18.7 Å². The molecule has 106 valence electrons. The van der Waals surface area contributed by atoms with Crippen LogP contribution in [0.4, 0.5) is 11.7 Å². The second-order valence-corrected chi connectivity index (χ2v) is 4.64. The van der Waals surface area contributed by atoms with Gasteiger partial charge in [0, 0.05) is 4.47 Å². The Balaban J connectivity index is 2.18. The summed E-state index contributed by atoms with van der Waals surface area (Å²) in [5.41, 5.74) is 0.780. The summed E-state index contributed by atoms with van der Waals surface area (Å²) in [5, 5.41) is 2.94. The minimum absolute atomic E-state index is 0.114. The summed E-state index contributed by atoms with van der Waals surface area (Å²) >= 11 is 3.37. The second kappa shape index (κ2) is 6.42. The maximum absolute atomic E-state index is 11.5. The van der Waals surface area contributed by atoms with Gasteiger partial charge in [-0.1, -0.05) is 15.9 Å². The minimum Gasteiger partial charge on any atom is -0.495 e. The average molecular weight is 341 g/mol. The lowest BCUT2D eigenvalue weighted by Gasteiger charge is -2.08. The fourth-order valence-electron chi connectivity index (χ4n) is 1.52. The fraction of sp³-hybridized carbons (Fsp3) is 0.231. The Hall–Kier alpha value is -2.02. The SMILES string of the molecule is CCOC(=O)c1coc(Nc2cc(Br)ccc2OC)n1. The minimum atomic E-state index is -0.523. The first kappa shape index (κ1) is 14.4. The van der Waals surface area contributed by atoms with Crippen molar-refractivity contribution >= 4 is 33.6 Å². The number of rotatable bonds is 5. The summed E-state index contributed by atoms with van der Waals surface area (Å²) in [4.78, 5) is 15.5. The van der Waals surface area contributed by atoms with Crippen LogP contribution in [0.15, 0.2) is 33.4 Å². The molecule has 7 heteroatoms. The number of nitrogens with zero attached hydrogens (tertiary/aromatic N) is 1. The van der Waals surface area contributed by atoms with Gasteiger partial charge in [0.05, 0.1) is 19.4 Å². The third-order valence-corrected chi connectivity index (χ3v) is 2.89. The first-order valence-corrected chi connectivity index (χ1v) is 6.66. The molecule has 0 spiro atoms. The van der Waals surface area contributed by atoms with Gasteiger partial charge >= 0.3 is 5.97 Å². The van der Waals surface area contributed by atoms with E-state index in [4.69, 9.17) is 13.9 Å². The van der Waals surface area contributed by atoms with E-state index in [1.54, 1.807) is 20.1 Å². The quantitative estimate of drug-likeness (QED) is 0.841. The van der Waals surface area contributed by atoms with Crippen molar-refractivity contribution in [3.8, 4) is 5.75 Å². The van der Waals surface area contributed by atoms with Crippen LogP contribution < -0.4 is 10.1 Å². The molecule has 0 amide bonds. The number of hydrogen-bond donors (Lipinski definition) is 1. The highest BCUT2D eigenvalue weighted by molar-refractivity contribution is 9.10. The van der Waals surface area contributed by atoms with Crippen LogP contribution in [0.5, 0.6) is 5.75 Å². The third kappa shape index (κ3) is 3.30. The van der Waals surface area contributed by atoms with Crippen molar-refractivity contribution in [1.82, 2.24) is 4.98 Å². The normalized spacial score (nSPS) is 10.2. The van der Waals surface area contributed by atoms with Gasteiger partial charge in [0.1, 0.15) is 12.0 Å². The Morgan fingerprint density at radius 1 is 1.50 bits per heavy atom. The summed E-state index contributed by atoms with van der Waals surface area (Å²) in [7, 11) is 1.56. The lowest BCUT2D eigenvalue weighted by molar-refractivity contribution is 0.0519. The molecular formula is C13H13BrN2O4. The molecule has 0 bridgehead atoms. The largest absolute Gasteiger partial charge is 0.495 e. The molecule has 2 rings (SSSR count). The highest BCUT2D eigenvalue weighted by Crippen LogP contribution is 2.30. The van der Waals surface area contributed by atoms with Crippen LogP contribution in [0.2, 0.25) is 0 Å². The zero-order valence-electron chi connectivity index (χ0n) is 11.0. The number of carbonyl (C=O) groups excluding carboxylic acids is 1. The number of halogens is 1. The molecule has 0 fully saturated rings. The highest BCUT2D eigenvalue weighted by Gasteiger charge is 2.14. The molecule has 2 aromatic rings. The number of anilines is 2. The van der Waals surface area contributed by atoms with Crippen LogP contribution in [-0.2, 0) is 4.74 Å². The zero-order valence-corrected chi connectivity index (χ0v) is 12.6. The molecular weight excluding hydrogens is 328 g/mol. The van der Waals surface area contributed by atoms with E-state index in [1.807, 2.05) is 12.1 Å². The maximum atomic E-state index is 11.5. The number of oxazole rings is 1. The van der Waals surface area contributed by atoms with Gasteiger partial charge in [-0.25, -0.2) is 4.79 Å². The number of hydrogen-bond acceptors (Lipinski definition) is 6. The Bertz CT molecular complexity index is 612. The molecule has 1 aromatic heterocycles. The smallest absolute Gasteiger partial charge is 0.360 e. The van der Waals surface area contributed by atoms with Crippen LogP contribution in [-0.4, -0.2) is 24.7 Å². The van der Waals surface area contributed by atoms with E-state index in [0.717, 1.165) is 4.47 Å². The summed E-state index contributed by atoms with van der Waals surface area (Å²) in [5.74, 6) is 0.106. The lowest BCUT2D eigenvalue weighted by Crippen LogP contribution is -2.05. The fourth-order valence-corrected chi connectivity index (χ4v) is 1.88. The van der Waals surface area contributed by atoms with E-state index in [0.29, 0.717) is 11.4 Å². The Kier molecular flexibility index (Phi) is 4.62. The molecule has 0 aliphatic carbocycles. The molecule has 1 heterocycles. The summed E-state index contributed by atoms with van der Waals surface area (Å²) in [6.07, 6.45) is 1.24. The zero-order chi connectivity index (χ0) is 14.5. The number of nitrogens with one attached hydrogen (secondary N) is 1. The van der Waals surface area contributed by atoms with Crippen molar-refractivity contribution in [2.75, 3.05) is 19.0 Å². The molecule has 0 aliphatic rings. The van der Waals surface area contributed by atoms with Gasteiger partial charge in [-0.15, -0.1) is 0 Å². The number of carbonyl (C=O) groups is 1.